The van der Waals surface area contributed by atoms with E-state index < -0.39 is 13.6 Å². The molecule has 0 aliphatic carbocycles. The first kappa shape index (κ1) is 15.0. The van der Waals surface area contributed by atoms with E-state index in [4.69, 9.17) is 18.2 Å². The van der Waals surface area contributed by atoms with E-state index >= 15 is 0 Å². The molecule has 102 valence electrons. The minimum atomic E-state index is -3.61. The molecule has 18 heavy (non-hydrogen) atoms. The predicted molar refractivity (Wildman–Crippen MR) is 65.2 cm³/mol. The van der Waals surface area contributed by atoms with Gasteiger partial charge in [0.25, 0.3) is 0 Å². The molecule has 1 heterocycles. The van der Waals surface area contributed by atoms with Gasteiger partial charge >= 0.3 is 13.6 Å². The number of hydrogen-bond acceptors (Lipinski definition) is 6. The lowest BCUT2D eigenvalue weighted by Gasteiger charge is -2.15. The minimum Gasteiger partial charge on any atom is -0.462 e. The van der Waals surface area contributed by atoms with Crippen LogP contribution in [0.1, 0.15) is 31.1 Å². The van der Waals surface area contributed by atoms with Crippen molar-refractivity contribution in [3.63, 3.8) is 0 Å². The SMILES string of the molecule is CCOC(=O)c1ccoc1P(=O)(OCC)OCC. The second-order valence-electron chi connectivity index (χ2n) is 3.19. The standard InChI is InChI=1S/C11H17O6P/c1-4-14-10(12)9-7-8-15-11(9)18(13,16-5-2)17-6-3/h7-8H,4-6H2,1-3H3. The highest BCUT2D eigenvalue weighted by molar-refractivity contribution is 7.62. The quantitative estimate of drug-likeness (QED) is 0.562. The van der Waals surface area contributed by atoms with Crippen LogP contribution in [0.25, 0.3) is 0 Å². The number of hydrogen-bond donors (Lipinski definition) is 0. The molecule has 0 spiro atoms. The number of carbonyl (C=O) groups excluding carboxylic acids is 1. The molecule has 0 bridgehead atoms. The van der Waals surface area contributed by atoms with Gasteiger partial charge in [-0.05, 0) is 26.8 Å². The molecule has 0 radical (unpaired) electrons. The van der Waals surface area contributed by atoms with Crippen molar-refractivity contribution < 1.29 is 27.6 Å². The van der Waals surface area contributed by atoms with Crippen molar-refractivity contribution in [2.75, 3.05) is 19.8 Å². The summed E-state index contributed by atoms with van der Waals surface area (Å²) in [6.45, 7) is 5.62. The molecular formula is C11H17O6P. The van der Waals surface area contributed by atoms with Gasteiger partial charge in [0, 0.05) is 0 Å². The van der Waals surface area contributed by atoms with Crippen molar-refractivity contribution in [1.82, 2.24) is 0 Å². The molecule has 0 aliphatic rings. The van der Waals surface area contributed by atoms with Gasteiger partial charge in [-0.15, -0.1) is 0 Å². The maximum Gasteiger partial charge on any atom is 0.397 e. The maximum atomic E-state index is 12.5. The average molecular weight is 276 g/mol. The third-order valence-corrected chi connectivity index (χ3v) is 4.03. The first-order chi connectivity index (χ1) is 8.59. The van der Waals surface area contributed by atoms with Crippen molar-refractivity contribution in [2.24, 2.45) is 0 Å². The van der Waals surface area contributed by atoms with Gasteiger partial charge in [-0.2, -0.15) is 0 Å². The third kappa shape index (κ3) is 3.22. The van der Waals surface area contributed by atoms with E-state index in [0.717, 1.165) is 0 Å². The molecule has 0 N–H and O–H groups in total. The molecule has 1 aromatic rings. The highest BCUT2D eigenvalue weighted by atomic mass is 31.2. The smallest absolute Gasteiger partial charge is 0.397 e. The Balaban J connectivity index is 3.10. The summed E-state index contributed by atoms with van der Waals surface area (Å²) < 4.78 is 32.6. The molecule has 0 saturated carbocycles. The molecule has 0 aromatic carbocycles. The summed E-state index contributed by atoms with van der Waals surface area (Å²) in [5.41, 5.74) is -0.0354. The second-order valence-corrected chi connectivity index (χ2v) is 5.11. The van der Waals surface area contributed by atoms with E-state index in [-0.39, 0.29) is 30.9 Å². The van der Waals surface area contributed by atoms with Gasteiger partial charge in [0.2, 0.25) is 5.50 Å². The Kier molecular flexibility index (Phi) is 5.59. The van der Waals surface area contributed by atoms with Crippen molar-refractivity contribution in [2.45, 2.75) is 20.8 Å². The maximum absolute atomic E-state index is 12.5. The second kappa shape index (κ2) is 6.73. The molecule has 0 aliphatic heterocycles. The summed E-state index contributed by atoms with van der Waals surface area (Å²) in [6.07, 6.45) is 1.26. The summed E-state index contributed by atoms with van der Waals surface area (Å²) in [5, 5.41) is 0. The normalized spacial score (nSPS) is 11.5. The van der Waals surface area contributed by atoms with Gasteiger partial charge in [-0.25, -0.2) is 4.79 Å². The molecule has 1 aromatic heterocycles. The van der Waals surface area contributed by atoms with Crippen LogP contribution in [0.3, 0.4) is 0 Å². The zero-order valence-electron chi connectivity index (χ0n) is 10.7. The highest BCUT2D eigenvalue weighted by Crippen LogP contribution is 2.47. The highest BCUT2D eigenvalue weighted by Gasteiger charge is 2.36. The molecular weight excluding hydrogens is 259 g/mol. The van der Waals surface area contributed by atoms with Gasteiger partial charge in [0.1, 0.15) is 5.56 Å². The predicted octanol–water partition coefficient (Wildman–Crippen LogP) is 2.35. The third-order valence-electron chi connectivity index (χ3n) is 1.99. The summed E-state index contributed by atoms with van der Waals surface area (Å²) in [7, 11) is -3.61. The van der Waals surface area contributed by atoms with Crippen molar-refractivity contribution in [1.29, 1.82) is 0 Å². The van der Waals surface area contributed by atoms with Crippen LogP contribution in [0.2, 0.25) is 0 Å². The Morgan fingerprint density at radius 3 is 2.33 bits per heavy atom. The molecule has 7 heteroatoms. The van der Waals surface area contributed by atoms with E-state index in [1.807, 2.05) is 0 Å². The monoisotopic (exact) mass is 276 g/mol. The van der Waals surface area contributed by atoms with Crippen molar-refractivity contribution >= 4 is 19.1 Å². The number of carbonyl (C=O) groups is 1. The van der Waals surface area contributed by atoms with Crippen LogP contribution in [0.15, 0.2) is 16.7 Å². The topological polar surface area (TPSA) is 75.0 Å². The van der Waals surface area contributed by atoms with Gasteiger partial charge in [-0.3, -0.25) is 4.57 Å². The van der Waals surface area contributed by atoms with Crippen LogP contribution in [-0.4, -0.2) is 25.8 Å². The van der Waals surface area contributed by atoms with E-state index in [2.05, 4.69) is 0 Å². The lowest BCUT2D eigenvalue weighted by molar-refractivity contribution is 0.0526. The van der Waals surface area contributed by atoms with Gasteiger partial charge in [0.15, 0.2) is 0 Å². The fraction of sp³-hybridized carbons (Fsp3) is 0.545. The molecule has 1 rings (SSSR count). The molecule has 0 fully saturated rings. The van der Waals surface area contributed by atoms with Gasteiger partial charge < -0.3 is 18.2 Å². The van der Waals surface area contributed by atoms with Crippen molar-refractivity contribution in [3.8, 4) is 0 Å². The van der Waals surface area contributed by atoms with Crippen LogP contribution >= 0.6 is 7.60 Å². The molecule has 0 amide bonds. The van der Waals surface area contributed by atoms with Crippen LogP contribution in [0.4, 0.5) is 0 Å². The van der Waals surface area contributed by atoms with Gasteiger partial charge in [0.05, 0.1) is 26.1 Å². The van der Waals surface area contributed by atoms with Gasteiger partial charge in [-0.1, -0.05) is 0 Å². The zero-order valence-corrected chi connectivity index (χ0v) is 11.6. The lowest BCUT2D eigenvalue weighted by atomic mass is 10.3. The first-order valence-electron chi connectivity index (χ1n) is 5.73. The minimum absolute atomic E-state index is 0.0714. The number of furan rings is 1. The lowest BCUT2D eigenvalue weighted by Crippen LogP contribution is -2.18. The Hall–Kier alpha value is -1.10. The summed E-state index contributed by atoms with van der Waals surface area (Å²) in [4.78, 5) is 11.7. The Morgan fingerprint density at radius 2 is 1.83 bits per heavy atom. The van der Waals surface area contributed by atoms with E-state index in [0.29, 0.717) is 0 Å². The molecule has 0 saturated heterocycles. The Morgan fingerprint density at radius 1 is 1.22 bits per heavy atom. The zero-order chi connectivity index (χ0) is 13.6. The van der Waals surface area contributed by atoms with E-state index in [1.165, 1.54) is 12.3 Å². The Bertz CT molecular complexity index is 428. The number of esters is 1. The van der Waals surface area contributed by atoms with E-state index in [1.54, 1.807) is 20.8 Å². The molecule has 0 unspecified atom stereocenters. The summed E-state index contributed by atoms with van der Waals surface area (Å²) in [5.74, 6) is -0.610. The summed E-state index contributed by atoms with van der Waals surface area (Å²) in [6, 6.07) is 1.39. The Labute approximate surface area is 106 Å². The molecule has 6 nitrogen and oxygen atoms in total. The van der Waals surface area contributed by atoms with Crippen molar-refractivity contribution in [3.05, 3.63) is 17.9 Å². The van der Waals surface area contributed by atoms with Crippen LogP contribution < -0.4 is 5.50 Å². The fourth-order valence-electron chi connectivity index (χ4n) is 1.37. The fourth-order valence-corrected chi connectivity index (χ4v) is 3.01. The largest absolute Gasteiger partial charge is 0.462 e. The summed E-state index contributed by atoms with van der Waals surface area (Å²) >= 11 is 0. The molecule has 0 atom stereocenters. The van der Waals surface area contributed by atoms with E-state index in [9.17, 15) is 9.36 Å². The number of rotatable bonds is 7. The number of ether oxygens (including phenoxy) is 1. The van der Waals surface area contributed by atoms with Crippen LogP contribution in [-0.2, 0) is 18.3 Å². The average Bonchev–Trinajstić information content (AvgIpc) is 2.79. The van der Waals surface area contributed by atoms with Crippen LogP contribution in [0.5, 0.6) is 0 Å². The first-order valence-corrected chi connectivity index (χ1v) is 7.27. The van der Waals surface area contributed by atoms with Crippen LogP contribution in [0, 0.1) is 0 Å².